The number of anilines is 1. The number of hydrogen-bond donors (Lipinski definition) is 2. The highest BCUT2D eigenvalue weighted by Gasteiger charge is 2.37. The second-order valence-electron chi connectivity index (χ2n) is 4.33. The number of rotatable bonds is 4. The number of nitrogens with one attached hydrogen (secondary N) is 1. The molecule has 1 aromatic rings. The summed E-state index contributed by atoms with van der Waals surface area (Å²) in [5.41, 5.74) is -0.443. The minimum absolute atomic E-state index is 0.301. The molecule has 0 bridgehead atoms. The lowest BCUT2D eigenvalue weighted by Crippen LogP contribution is -2.54. The molecule has 6 nitrogen and oxygen atoms in total. The van der Waals surface area contributed by atoms with Gasteiger partial charge in [-0.05, 0) is 27.7 Å². The molecule has 2 N–H and O–H groups in total. The number of amides is 2. The van der Waals surface area contributed by atoms with E-state index >= 15 is 0 Å². The SMILES string of the molecule is CCN(C(=O)Nc1nc(C)cs1)C(C)(C)C(=O)O. The van der Waals surface area contributed by atoms with E-state index in [-0.39, 0.29) is 0 Å². The van der Waals surface area contributed by atoms with Gasteiger partial charge in [-0.3, -0.25) is 5.32 Å². The van der Waals surface area contributed by atoms with Gasteiger partial charge in [0.15, 0.2) is 5.13 Å². The van der Waals surface area contributed by atoms with Gasteiger partial charge in [-0.1, -0.05) is 0 Å². The number of hydrogen-bond acceptors (Lipinski definition) is 4. The van der Waals surface area contributed by atoms with Crippen LogP contribution >= 0.6 is 11.3 Å². The van der Waals surface area contributed by atoms with E-state index < -0.39 is 17.5 Å². The highest BCUT2D eigenvalue weighted by molar-refractivity contribution is 7.13. The molecule has 0 spiro atoms. The van der Waals surface area contributed by atoms with Gasteiger partial charge in [-0.2, -0.15) is 0 Å². The molecular formula is C11H17N3O3S. The number of carbonyl (C=O) groups is 2. The quantitative estimate of drug-likeness (QED) is 0.879. The first-order chi connectivity index (χ1) is 8.28. The molecule has 0 fully saturated rings. The van der Waals surface area contributed by atoms with E-state index in [4.69, 9.17) is 5.11 Å². The smallest absolute Gasteiger partial charge is 0.329 e. The van der Waals surface area contributed by atoms with Crippen molar-refractivity contribution in [1.29, 1.82) is 0 Å². The molecule has 0 unspecified atom stereocenters. The van der Waals surface area contributed by atoms with E-state index in [1.807, 2.05) is 12.3 Å². The average Bonchev–Trinajstić information content (AvgIpc) is 2.64. The van der Waals surface area contributed by atoms with Crippen molar-refractivity contribution in [3.05, 3.63) is 11.1 Å². The Morgan fingerprint density at radius 1 is 1.56 bits per heavy atom. The highest BCUT2D eigenvalue weighted by atomic mass is 32.1. The molecule has 0 saturated carbocycles. The van der Waals surface area contributed by atoms with E-state index in [2.05, 4.69) is 10.3 Å². The number of thiazole rings is 1. The topological polar surface area (TPSA) is 82.5 Å². The Balaban J connectivity index is 2.83. The number of aromatic nitrogens is 1. The summed E-state index contributed by atoms with van der Waals surface area (Å²) < 4.78 is 0. The standard InChI is InChI=1S/C11H17N3O3S/c1-5-14(11(3,4)8(15)16)10(17)13-9-12-7(2)6-18-9/h6H,5H2,1-4H3,(H,15,16)(H,12,13,17). The summed E-state index contributed by atoms with van der Waals surface area (Å²) in [6.45, 7) is 6.84. The van der Waals surface area contributed by atoms with Crippen LogP contribution in [0, 0.1) is 6.92 Å². The van der Waals surface area contributed by atoms with E-state index in [0.29, 0.717) is 11.7 Å². The van der Waals surface area contributed by atoms with Gasteiger partial charge in [0.2, 0.25) is 0 Å². The van der Waals surface area contributed by atoms with Crippen molar-refractivity contribution in [2.45, 2.75) is 33.2 Å². The molecule has 100 valence electrons. The average molecular weight is 271 g/mol. The Morgan fingerprint density at radius 3 is 2.56 bits per heavy atom. The maximum absolute atomic E-state index is 12.0. The lowest BCUT2D eigenvalue weighted by molar-refractivity contribution is -0.147. The van der Waals surface area contributed by atoms with Crippen LogP contribution < -0.4 is 5.32 Å². The van der Waals surface area contributed by atoms with Crippen LogP contribution in [0.5, 0.6) is 0 Å². The fraction of sp³-hybridized carbons (Fsp3) is 0.545. The van der Waals surface area contributed by atoms with Crippen LogP contribution in [-0.2, 0) is 4.79 Å². The molecule has 0 atom stereocenters. The molecule has 0 saturated heterocycles. The molecule has 0 aliphatic heterocycles. The number of urea groups is 1. The Bertz CT molecular complexity index is 456. The first-order valence-electron chi connectivity index (χ1n) is 5.53. The van der Waals surface area contributed by atoms with Gasteiger partial charge in [0.1, 0.15) is 5.54 Å². The second kappa shape index (κ2) is 5.34. The van der Waals surface area contributed by atoms with Gasteiger partial charge >= 0.3 is 12.0 Å². The summed E-state index contributed by atoms with van der Waals surface area (Å²) in [6.07, 6.45) is 0. The molecule has 7 heteroatoms. The number of carbonyl (C=O) groups excluding carboxylic acids is 1. The third kappa shape index (κ3) is 2.98. The maximum Gasteiger partial charge on any atom is 0.329 e. The fourth-order valence-corrected chi connectivity index (χ4v) is 2.16. The van der Waals surface area contributed by atoms with Crippen molar-refractivity contribution >= 4 is 28.5 Å². The minimum atomic E-state index is -1.26. The molecule has 18 heavy (non-hydrogen) atoms. The van der Waals surface area contributed by atoms with Crippen LogP contribution in [0.3, 0.4) is 0 Å². The Kier molecular flexibility index (Phi) is 4.28. The first-order valence-corrected chi connectivity index (χ1v) is 6.41. The van der Waals surface area contributed by atoms with E-state index in [0.717, 1.165) is 5.69 Å². The monoisotopic (exact) mass is 271 g/mol. The molecular weight excluding hydrogens is 254 g/mol. The van der Waals surface area contributed by atoms with Crippen molar-refractivity contribution in [2.24, 2.45) is 0 Å². The number of aryl methyl sites for hydroxylation is 1. The third-order valence-electron chi connectivity index (χ3n) is 2.59. The fourth-order valence-electron chi connectivity index (χ4n) is 1.48. The summed E-state index contributed by atoms with van der Waals surface area (Å²) in [5, 5.41) is 14.0. The molecule has 1 heterocycles. The Labute approximate surface area is 110 Å². The molecule has 1 rings (SSSR count). The van der Waals surface area contributed by atoms with Gasteiger partial charge in [0, 0.05) is 11.9 Å². The number of aliphatic carboxylic acids is 1. The van der Waals surface area contributed by atoms with Crippen molar-refractivity contribution in [3.63, 3.8) is 0 Å². The molecule has 0 aliphatic carbocycles. The summed E-state index contributed by atoms with van der Waals surface area (Å²) in [4.78, 5) is 28.5. The minimum Gasteiger partial charge on any atom is -0.480 e. The summed E-state index contributed by atoms with van der Waals surface area (Å²) >= 11 is 1.31. The van der Waals surface area contributed by atoms with Crippen LogP contribution in [-0.4, -0.2) is 39.1 Å². The highest BCUT2D eigenvalue weighted by Crippen LogP contribution is 2.19. The van der Waals surface area contributed by atoms with Gasteiger partial charge in [-0.25, -0.2) is 14.6 Å². The zero-order valence-corrected chi connectivity index (χ0v) is 11.7. The zero-order valence-electron chi connectivity index (χ0n) is 10.9. The number of likely N-dealkylation sites (N-methyl/N-ethyl adjacent to an activating group) is 1. The third-order valence-corrected chi connectivity index (χ3v) is 3.47. The predicted octanol–water partition coefficient (Wildman–Crippen LogP) is 2.17. The van der Waals surface area contributed by atoms with E-state index in [9.17, 15) is 9.59 Å². The van der Waals surface area contributed by atoms with Crippen LogP contribution in [0.2, 0.25) is 0 Å². The van der Waals surface area contributed by atoms with Crippen molar-refractivity contribution in [1.82, 2.24) is 9.88 Å². The summed E-state index contributed by atoms with van der Waals surface area (Å²) in [6, 6.07) is -0.459. The Hall–Kier alpha value is -1.63. The van der Waals surface area contributed by atoms with E-state index in [1.54, 1.807) is 6.92 Å². The largest absolute Gasteiger partial charge is 0.480 e. The lowest BCUT2D eigenvalue weighted by atomic mass is 10.0. The summed E-state index contributed by atoms with van der Waals surface area (Å²) in [5.74, 6) is -1.05. The lowest BCUT2D eigenvalue weighted by Gasteiger charge is -2.33. The van der Waals surface area contributed by atoms with Gasteiger partial charge in [0.05, 0.1) is 5.69 Å². The van der Waals surface area contributed by atoms with Crippen molar-refractivity contribution in [3.8, 4) is 0 Å². The van der Waals surface area contributed by atoms with Crippen molar-refractivity contribution in [2.75, 3.05) is 11.9 Å². The van der Waals surface area contributed by atoms with Gasteiger partial charge < -0.3 is 10.0 Å². The molecule has 0 aromatic carbocycles. The zero-order chi connectivity index (χ0) is 13.9. The number of nitrogens with zero attached hydrogens (tertiary/aromatic N) is 2. The summed E-state index contributed by atoms with van der Waals surface area (Å²) in [7, 11) is 0. The van der Waals surface area contributed by atoms with Crippen LogP contribution in [0.15, 0.2) is 5.38 Å². The normalized spacial score (nSPS) is 11.1. The predicted molar refractivity (Wildman–Crippen MR) is 70.0 cm³/mol. The molecule has 2 amide bonds. The number of carboxylic acid groups (broad SMARTS) is 1. The van der Waals surface area contributed by atoms with Gasteiger partial charge in [0.25, 0.3) is 0 Å². The van der Waals surface area contributed by atoms with Crippen LogP contribution in [0.25, 0.3) is 0 Å². The van der Waals surface area contributed by atoms with Crippen LogP contribution in [0.4, 0.5) is 9.93 Å². The second-order valence-corrected chi connectivity index (χ2v) is 5.19. The van der Waals surface area contributed by atoms with Gasteiger partial charge in [-0.15, -0.1) is 11.3 Å². The number of carboxylic acids is 1. The molecule has 0 radical (unpaired) electrons. The molecule has 1 aromatic heterocycles. The van der Waals surface area contributed by atoms with E-state index in [1.165, 1.54) is 30.1 Å². The van der Waals surface area contributed by atoms with Crippen LogP contribution in [0.1, 0.15) is 26.5 Å². The maximum atomic E-state index is 12.0. The molecule has 0 aliphatic rings. The van der Waals surface area contributed by atoms with Crippen molar-refractivity contribution < 1.29 is 14.7 Å². The Morgan fingerprint density at radius 2 is 2.17 bits per heavy atom. The first kappa shape index (κ1) is 14.4.